The molecule has 0 amide bonds. The van der Waals surface area contributed by atoms with Crippen LogP contribution in [0.15, 0.2) is 0 Å². The Morgan fingerprint density at radius 2 is 1.43 bits per heavy atom. The molecule has 14 heavy (non-hydrogen) atoms. The van der Waals surface area contributed by atoms with Gasteiger partial charge in [-0.2, -0.15) is 0 Å². The Morgan fingerprint density at radius 1 is 0.929 bits per heavy atom. The molecule has 0 saturated heterocycles. The second kappa shape index (κ2) is 7.24. The van der Waals surface area contributed by atoms with Crippen molar-refractivity contribution >= 4 is 0 Å². The summed E-state index contributed by atoms with van der Waals surface area (Å²) in [6.45, 7) is 4.58. The Morgan fingerprint density at radius 3 is 1.71 bits per heavy atom. The zero-order chi connectivity index (χ0) is 11.1. The van der Waals surface area contributed by atoms with E-state index in [9.17, 15) is 0 Å². The van der Waals surface area contributed by atoms with Gasteiger partial charge < -0.3 is 0 Å². The molecule has 0 fully saturated rings. The maximum atomic E-state index is 2.34. The summed E-state index contributed by atoms with van der Waals surface area (Å²) in [5, 5.41) is 0. The van der Waals surface area contributed by atoms with Crippen molar-refractivity contribution in [3.63, 3.8) is 0 Å². The van der Waals surface area contributed by atoms with Crippen molar-refractivity contribution in [2.24, 2.45) is 5.92 Å². The van der Waals surface area contributed by atoms with Crippen molar-refractivity contribution in [3.05, 3.63) is 0 Å². The van der Waals surface area contributed by atoms with Gasteiger partial charge in [0.05, 0.1) is 6.17 Å². The summed E-state index contributed by atoms with van der Waals surface area (Å²) < 4.78 is 0. The van der Waals surface area contributed by atoms with Crippen LogP contribution in [0, 0.1) is 5.92 Å². The molecule has 0 aliphatic rings. The van der Waals surface area contributed by atoms with Crippen molar-refractivity contribution in [3.8, 4) is 0 Å². The SMILES string of the molecule is CCCCC(CC)C(N(C)C)N(C)C. The number of hydrogen-bond acceptors (Lipinski definition) is 2. The minimum absolute atomic E-state index is 0.589. The highest BCUT2D eigenvalue weighted by Gasteiger charge is 2.23. The molecule has 0 heterocycles. The number of unbranched alkanes of at least 4 members (excludes halogenated alkanes) is 1. The summed E-state index contributed by atoms with van der Waals surface area (Å²) >= 11 is 0. The largest absolute Gasteiger partial charge is 0.294 e. The first-order valence-electron chi connectivity index (χ1n) is 5.87. The number of rotatable bonds is 7. The maximum absolute atomic E-state index is 2.34. The van der Waals surface area contributed by atoms with Gasteiger partial charge in [-0.1, -0.05) is 33.1 Å². The first kappa shape index (κ1) is 13.9. The smallest absolute Gasteiger partial charge is 0.0641 e. The summed E-state index contributed by atoms with van der Waals surface area (Å²) in [6.07, 6.45) is 5.89. The van der Waals surface area contributed by atoms with Gasteiger partial charge in [-0.25, -0.2) is 0 Å². The van der Waals surface area contributed by atoms with Crippen LogP contribution in [0.25, 0.3) is 0 Å². The summed E-state index contributed by atoms with van der Waals surface area (Å²) in [6, 6.07) is 0. The van der Waals surface area contributed by atoms with Gasteiger partial charge in [-0.05, 0) is 40.5 Å². The molecule has 1 unspecified atom stereocenters. The highest BCUT2D eigenvalue weighted by molar-refractivity contribution is 4.73. The van der Waals surface area contributed by atoms with Gasteiger partial charge in [0, 0.05) is 0 Å². The van der Waals surface area contributed by atoms with Crippen LogP contribution in [0.3, 0.4) is 0 Å². The molecule has 0 N–H and O–H groups in total. The lowest BCUT2D eigenvalue weighted by atomic mass is 9.95. The molecule has 86 valence electrons. The fraction of sp³-hybridized carbons (Fsp3) is 1.00. The molecule has 0 aromatic heterocycles. The van der Waals surface area contributed by atoms with Gasteiger partial charge in [-0.3, -0.25) is 9.80 Å². The molecular formula is C12H28N2. The molecule has 0 rings (SSSR count). The minimum atomic E-state index is 0.589. The Hall–Kier alpha value is -0.0800. The summed E-state index contributed by atoms with van der Waals surface area (Å²) in [7, 11) is 8.72. The average Bonchev–Trinajstić information content (AvgIpc) is 2.10. The second-order valence-corrected chi connectivity index (χ2v) is 4.65. The monoisotopic (exact) mass is 200 g/mol. The molecule has 0 radical (unpaired) electrons. The average molecular weight is 200 g/mol. The van der Waals surface area contributed by atoms with Crippen LogP contribution in [-0.4, -0.2) is 44.2 Å². The quantitative estimate of drug-likeness (QED) is 0.583. The van der Waals surface area contributed by atoms with Crippen molar-refractivity contribution < 1.29 is 0 Å². The molecule has 1 atom stereocenters. The van der Waals surface area contributed by atoms with E-state index in [2.05, 4.69) is 51.8 Å². The van der Waals surface area contributed by atoms with E-state index in [1.54, 1.807) is 0 Å². The summed E-state index contributed by atoms with van der Waals surface area (Å²) in [5.41, 5.74) is 0. The van der Waals surface area contributed by atoms with Crippen LogP contribution in [0.2, 0.25) is 0 Å². The predicted octanol–water partition coefficient (Wildman–Crippen LogP) is 2.65. The van der Waals surface area contributed by atoms with E-state index in [4.69, 9.17) is 0 Å². The van der Waals surface area contributed by atoms with Crippen molar-refractivity contribution in [1.29, 1.82) is 0 Å². The van der Waals surface area contributed by atoms with E-state index in [1.807, 2.05) is 0 Å². The topological polar surface area (TPSA) is 6.48 Å². The molecule has 0 spiro atoms. The molecule has 0 saturated carbocycles. The zero-order valence-electron chi connectivity index (χ0n) is 10.9. The van der Waals surface area contributed by atoms with Gasteiger partial charge in [0.25, 0.3) is 0 Å². The van der Waals surface area contributed by atoms with Crippen LogP contribution in [0.5, 0.6) is 0 Å². The summed E-state index contributed by atoms with van der Waals surface area (Å²) in [4.78, 5) is 4.67. The Balaban J connectivity index is 4.26. The minimum Gasteiger partial charge on any atom is -0.294 e. The third-order valence-corrected chi connectivity index (χ3v) is 2.93. The molecule has 0 aromatic carbocycles. The third-order valence-electron chi connectivity index (χ3n) is 2.93. The molecule has 0 bridgehead atoms. The van der Waals surface area contributed by atoms with Crippen LogP contribution in [-0.2, 0) is 0 Å². The molecule has 0 aliphatic carbocycles. The van der Waals surface area contributed by atoms with E-state index in [0.717, 1.165) is 5.92 Å². The Labute approximate surface area is 90.3 Å². The highest BCUT2D eigenvalue weighted by atomic mass is 15.3. The molecule has 0 aliphatic heterocycles. The van der Waals surface area contributed by atoms with Crippen LogP contribution >= 0.6 is 0 Å². The highest BCUT2D eigenvalue weighted by Crippen LogP contribution is 2.21. The maximum Gasteiger partial charge on any atom is 0.0641 e. The van der Waals surface area contributed by atoms with Gasteiger partial charge in [-0.15, -0.1) is 0 Å². The van der Waals surface area contributed by atoms with Gasteiger partial charge in [0.15, 0.2) is 0 Å². The van der Waals surface area contributed by atoms with Gasteiger partial charge in [0.1, 0.15) is 0 Å². The summed E-state index contributed by atoms with van der Waals surface area (Å²) in [5.74, 6) is 0.806. The molecule has 2 nitrogen and oxygen atoms in total. The normalized spacial score (nSPS) is 14.4. The van der Waals surface area contributed by atoms with E-state index < -0.39 is 0 Å². The lowest BCUT2D eigenvalue weighted by Crippen LogP contribution is -2.45. The molecule has 0 aromatic rings. The predicted molar refractivity (Wildman–Crippen MR) is 64.5 cm³/mol. The zero-order valence-corrected chi connectivity index (χ0v) is 10.9. The molecular weight excluding hydrogens is 172 g/mol. The number of hydrogen-bond donors (Lipinski definition) is 0. The van der Waals surface area contributed by atoms with E-state index in [1.165, 1.54) is 25.7 Å². The van der Waals surface area contributed by atoms with Crippen molar-refractivity contribution in [1.82, 2.24) is 9.80 Å². The van der Waals surface area contributed by atoms with E-state index in [-0.39, 0.29) is 0 Å². The lowest BCUT2D eigenvalue weighted by molar-refractivity contribution is 0.0630. The fourth-order valence-corrected chi connectivity index (χ4v) is 2.34. The standard InChI is InChI=1S/C12H28N2/c1-7-9-10-11(8-2)12(13(3)4)14(5)6/h11-12H,7-10H2,1-6H3. The van der Waals surface area contributed by atoms with Gasteiger partial charge in [0.2, 0.25) is 0 Å². The number of nitrogens with zero attached hydrogens (tertiary/aromatic N) is 2. The third kappa shape index (κ3) is 4.43. The van der Waals surface area contributed by atoms with Crippen LogP contribution < -0.4 is 0 Å². The van der Waals surface area contributed by atoms with E-state index in [0.29, 0.717) is 6.17 Å². The second-order valence-electron chi connectivity index (χ2n) is 4.65. The first-order valence-corrected chi connectivity index (χ1v) is 5.87. The van der Waals surface area contributed by atoms with Crippen LogP contribution in [0.1, 0.15) is 39.5 Å². The first-order chi connectivity index (χ1) is 6.54. The Kier molecular flexibility index (Phi) is 7.20. The van der Waals surface area contributed by atoms with Crippen molar-refractivity contribution in [2.75, 3.05) is 28.2 Å². The Bertz CT molecular complexity index is 124. The lowest BCUT2D eigenvalue weighted by Gasteiger charge is -2.37. The van der Waals surface area contributed by atoms with Crippen LogP contribution in [0.4, 0.5) is 0 Å². The van der Waals surface area contributed by atoms with Crippen molar-refractivity contribution in [2.45, 2.75) is 45.7 Å². The fourth-order valence-electron chi connectivity index (χ4n) is 2.34. The molecule has 2 heteroatoms. The van der Waals surface area contributed by atoms with Gasteiger partial charge >= 0.3 is 0 Å². The van der Waals surface area contributed by atoms with E-state index >= 15 is 0 Å².